The smallest absolute Gasteiger partial charge is 0.396 e. The molecule has 6 heavy (non-hydrogen) atoms. The Morgan fingerprint density at radius 1 is 1.50 bits per heavy atom. The van der Waals surface area contributed by atoms with Gasteiger partial charge in [-0.1, -0.05) is 13.3 Å². The Balaban J connectivity index is 0. The number of aliphatic hydroxyl groups is 1. The third-order valence-corrected chi connectivity index (χ3v) is 0.512. The normalized spacial score (nSPS) is 7.00. The molecule has 0 unspecified atom stereocenters. The summed E-state index contributed by atoms with van der Waals surface area (Å²) in [6.07, 6.45) is 2.04. The summed E-state index contributed by atoms with van der Waals surface area (Å²) in [7, 11) is 0. The molecular formula is C4H10GeO+4. The van der Waals surface area contributed by atoms with Crippen LogP contribution in [-0.4, -0.2) is 29.3 Å². The molecule has 0 spiro atoms. The van der Waals surface area contributed by atoms with E-state index in [1.807, 2.05) is 0 Å². The number of hydrogen-bond acceptors (Lipinski definition) is 1. The van der Waals surface area contributed by atoms with Crippen LogP contribution in [0.2, 0.25) is 0 Å². The monoisotopic (exact) mass is 148 g/mol. The van der Waals surface area contributed by atoms with Crippen LogP contribution in [0, 0.1) is 0 Å². The van der Waals surface area contributed by atoms with Gasteiger partial charge in [-0.2, -0.15) is 0 Å². The van der Waals surface area contributed by atoms with E-state index in [-0.39, 0.29) is 17.6 Å². The molecule has 0 radical (unpaired) electrons. The standard InChI is InChI=1S/C4H10O.Ge/c1-2-3-4-5;/h5H,2-4H2,1H3;/q;+4. The fraction of sp³-hybridized carbons (Fsp3) is 1.00. The summed E-state index contributed by atoms with van der Waals surface area (Å²) in [6.45, 7) is 2.40. The van der Waals surface area contributed by atoms with Gasteiger partial charge in [-0.15, -0.1) is 0 Å². The van der Waals surface area contributed by atoms with Gasteiger partial charge in [-0.25, -0.2) is 0 Å². The van der Waals surface area contributed by atoms with Crippen molar-refractivity contribution >= 4 is 17.6 Å². The molecule has 0 aromatic heterocycles. The van der Waals surface area contributed by atoms with Crippen LogP contribution in [0.1, 0.15) is 19.8 Å². The summed E-state index contributed by atoms with van der Waals surface area (Å²) < 4.78 is 0. The van der Waals surface area contributed by atoms with Gasteiger partial charge in [0.1, 0.15) is 0 Å². The van der Waals surface area contributed by atoms with Crippen LogP contribution >= 0.6 is 0 Å². The summed E-state index contributed by atoms with van der Waals surface area (Å²) in [4.78, 5) is 0. The van der Waals surface area contributed by atoms with Gasteiger partial charge in [0, 0.05) is 6.61 Å². The zero-order valence-electron chi connectivity index (χ0n) is 4.07. The second-order valence-corrected chi connectivity index (χ2v) is 1.08. The summed E-state index contributed by atoms with van der Waals surface area (Å²) >= 11 is 0. The maximum Gasteiger partial charge on any atom is 4.00 e. The quantitative estimate of drug-likeness (QED) is 0.560. The van der Waals surface area contributed by atoms with E-state index in [1.54, 1.807) is 0 Å². The van der Waals surface area contributed by atoms with Crippen LogP contribution in [0.15, 0.2) is 0 Å². The molecule has 0 fully saturated rings. The fourth-order valence-corrected chi connectivity index (χ4v) is 0.158. The summed E-state index contributed by atoms with van der Waals surface area (Å²) in [5.41, 5.74) is 0. The third-order valence-electron chi connectivity index (χ3n) is 0.512. The zero-order chi connectivity index (χ0) is 4.12. The molecule has 1 N–H and O–H groups in total. The van der Waals surface area contributed by atoms with E-state index in [0.717, 1.165) is 12.8 Å². The average Bonchev–Trinajstić information content (AvgIpc) is 1.41. The summed E-state index contributed by atoms with van der Waals surface area (Å²) in [6, 6.07) is 0. The molecule has 0 aliphatic carbocycles. The average molecular weight is 147 g/mol. The van der Waals surface area contributed by atoms with Crippen molar-refractivity contribution < 1.29 is 5.11 Å². The van der Waals surface area contributed by atoms with Crippen LogP contribution in [0.5, 0.6) is 0 Å². The maximum atomic E-state index is 8.07. The number of hydrogen-bond donors (Lipinski definition) is 1. The molecule has 0 aromatic carbocycles. The van der Waals surface area contributed by atoms with Crippen molar-refractivity contribution in [2.24, 2.45) is 0 Å². The van der Waals surface area contributed by atoms with E-state index < -0.39 is 0 Å². The fourth-order valence-electron chi connectivity index (χ4n) is 0.158. The molecule has 32 valence electrons. The van der Waals surface area contributed by atoms with Crippen molar-refractivity contribution in [3.8, 4) is 0 Å². The Bertz CT molecular complexity index is 15.0. The summed E-state index contributed by atoms with van der Waals surface area (Å²) in [5, 5.41) is 8.07. The molecular weight excluding hydrogens is 137 g/mol. The molecule has 0 aliphatic rings. The van der Waals surface area contributed by atoms with Gasteiger partial charge >= 0.3 is 17.6 Å². The van der Waals surface area contributed by atoms with Crippen molar-refractivity contribution in [3.05, 3.63) is 0 Å². The SMILES string of the molecule is CCCCO.[Ge+4]. The topological polar surface area (TPSA) is 20.2 Å². The first-order chi connectivity index (χ1) is 2.41. The van der Waals surface area contributed by atoms with Gasteiger partial charge in [0.25, 0.3) is 0 Å². The minimum absolute atomic E-state index is 0. The van der Waals surface area contributed by atoms with Gasteiger partial charge in [0.15, 0.2) is 0 Å². The Kier molecular flexibility index (Phi) is 14.7. The van der Waals surface area contributed by atoms with Gasteiger partial charge < -0.3 is 5.11 Å². The van der Waals surface area contributed by atoms with Gasteiger partial charge in [0.2, 0.25) is 0 Å². The number of rotatable bonds is 2. The molecule has 1 nitrogen and oxygen atoms in total. The molecule has 0 aromatic rings. The number of unbranched alkanes of at least 4 members (excludes halogenated alkanes) is 1. The third kappa shape index (κ3) is 8.82. The van der Waals surface area contributed by atoms with Crippen LogP contribution in [0.25, 0.3) is 0 Å². The predicted molar refractivity (Wildman–Crippen MR) is 27.7 cm³/mol. The summed E-state index contributed by atoms with van der Waals surface area (Å²) in [5.74, 6) is 0. The Morgan fingerprint density at radius 3 is 2.00 bits per heavy atom. The van der Waals surface area contributed by atoms with E-state index in [2.05, 4.69) is 6.92 Å². The van der Waals surface area contributed by atoms with E-state index in [1.165, 1.54) is 0 Å². The number of aliphatic hydroxyl groups excluding tert-OH is 1. The second kappa shape index (κ2) is 9.09. The molecule has 2 heteroatoms. The molecule has 0 amide bonds. The van der Waals surface area contributed by atoms with E-state index in [4.69, 9.17) is 5.11 Å². The minimum atomic E-state index is 0. The molecule has 0 aliphatic heterocycles. The first kappa shape index (κ1) is 9.71. The molecule has 0 heterocycles. The van der Waals surface area contributed by atoms with Crippen molar-refractivity contribution in [1.29, 1.82) is 0 Å². The molecule has 0 bridgehead atoms. The van der Waals surface area contributed by atoms with E-state index in [9.17, 15) is 0 Å². The van der Waals surface area contributed by atoms with E-state index in [0.29, 0.717) is 6.61 Å². The van der Waals surface area contributed by atoms with Crippen LogP contribution < -0.4 is 0 Å². The first-order valence-corrected chi connectivity index (χ1v) is 2.02. The predicted octanol–water partition coefficient (Wildman–Crippen LogP) is 0.398. The second-order valence-electron chi connectivity index (χ2n) is 1.08. The maximum absolute atomic E-state index is 8.07. The Labute approximate surface area is 49.7 Å². The minimum Gasteiger partial charge on any atom is -0.396 e. The van der Waals surface area contributed by atoms with Crippen molar-refractivity contribution in [2.75, 3.05) is 6.61 Å². The molecule has 0 saturated heterocycles. The molecule has 0 rings (SSSR count). The molecule has 0 atom stereocenters. The van der Waals surface area contributed by atoms with Crippen LogP contribution in [0.4, 0.5) is 0 Å². The van der Waals surface area contributed by atoms with Crippen molar-refractivity contribution in [1.82, 2.24) is 0 Å². The largest absolute Gasteiger partial charge is 4.00 e. The molecule has 0 saturated carbocycles. The Hall–Kier alpha value is 0.503. The van der Waals surface area contributed by atoms with Crippen LogP contribution in [-0.2, 0) is 0 Å². The zero-order valence-corrected chi connectivity index (χ0v) is 6.17. The van der Waals surface area contributed by atoms with Gasteiger partial charge in [-0.3, -0.25) is 0 Å². The van der Waals surface area contributed by atoms with Crippen molar-refractivity contribution in [2.45, 2.75) is 19.8 Å². The van der Waals surface area contributed by atoms with Gasteiger partial charge in [0.05, 0.1) is 0 Å². The van der Waals surface area contributed by atoms with Crippen LogP contribution in [0.3, 0.4) is 0 Å². The first-order valence-electron chi connectivity index (χ1n) is 2.02. The van der Waals surface area contributed by atoms with Gasteiger partial charge in [-0.05, 0) is 6.42 Å². The van der Waals surface area contributed by atoms with E-state index >= 15 is 0 Å². The Morgan fingerprint density at radius 2 is 2.00 bits per heavy atom. The van der Waals surface area contributed by atoms with Crippen molar-refractivity contribution in [3.63, 3.8) is 0 Å².